The Bertz CT molecular complexity index is 1080. The van der Waals surface area contributed by atoms with Gasteiger partial charge in [-0.1, -0.05) is 40.2 Å². The Hall–Kier alpha value is -2.07. The maximum absolute atomic E-state index is 12.3. The molecular formula is C18H16BrN3O3S2. The Morgan fingerprint density at radius 3 is 2.70 bits per heavy atom. The minimum atomic E-state index is -3.62. The Morgan fingerprint density at radius 2 is 1.96 bits per heavy atom. The van der Waals surface area contributed by atoms with Crippen LogP contribution in [0.2, 0.25) is 0 Å². The summed E-state index contributed by atoms with van der Waals surface area (Å²) in [5, 5.41) is 10.5. The number of hydrogen-bond donors (Lipinski definition) is 2. The molecular weight excluding hydrogens is 450 g/mol. The second-order valence-electron chi connectivity index (χ2n) is 5.89. The van der Waals surface area contributed by atoms with Crippen LogP contribution in [-0.2, 0) is 27.0 Å². The molecule has 140 valence electrons. The number of carbonyl (C=O) groups excluding carboxylic acids is 1. The molecule has 0 aliphatic heterocycles. The summed E-state index contributed by atoms with van der Waals surface area (Å²) in [4.78, 5) is 16.8. The van der Waals surface area contributed by atoms with Gasteiger partial charge >= 0.3 is 0 Å². The third kappa shape index (κ3) is 5.96. The lowest BCUT2D eigenvalue weighted by Crippen LogP contribution is -2.16. The zero-order valence-corrected chi connectivity index (χ0v) is 17.3. The molecule has 1 aromatic heterocycles. The maximum atomic E-state index is 12.3. The fourth-order valence-corrected chi connectivity index (χ4v) is 4.34. The predicted molar refractivity (Wildman–Crippen MR) is 111 cm³/mol. The molecule has 2 aromatic carbocycles. The van der Waals surface area contributed by atoms with E-state index < -0.39 is 10.0 Å². The Kier molecular flexibility index (Phi) is 6.05. The molecule has 0 fully saturated rings. The summed E-state index contributed by atoms with van der Waals surface area (Å²) in [6.45, 7) is 0. The number of rotatable bonds is 6. The molecule has 0 unspecified atom stereocenters. The Morgan fingerprint density at radius 1 is 1.19 bits per heavy atom. The van der Waals surface area contributed by atoms with Gasteiger partial charge < -0.3 is 5.32 Å². The van der Waals surface area contributed by atoms with Gasteiger partial charge in [0.15, 0.2) is 0 Å². The van der Waals surface area contributed by atoms with E-state index in [0.29, 0.717) is 16.9 Å². The number of hydrogen-bond acceptors (Lipinski definition) is 5. The summed E-state index contributed by atoms with van der Waals surface area (Å²) in [5.41, 5.74) is 2.69. The highest BCUT2D eigenvalue weighted by molar-refractivity contribution is 9.10. The number of aromatic nitrogens is 1. The van der Waals surface area contributed by atoms with E-state index in [4.69, 9.17) is 5.14 Å². The van der Waals surface area contributed by atoms with Gasteiger partial charge in [-0.25, -0.2) is 18.5 Å². The van der Waals surface area contributed by atoms with Crippen molar-refractivity contribution in [2.24, 2.45) is 5.14 Å². The van der Waals surface area contributed by atoms with Crippen LogP contribution in [-0.4, -0.2) is 19.3 Å². The fraction of sp³-hybridized carbons (Fsp3) is 0.111. The van der Waals surface area contributed by atoms with Gasteiger partial charge in [0, 0.05) is 21.1 Å². The van der Waals surface area contributed by atoms with Crippen molar-refractivity contribution in [3.8, 4) is 10.6 Å². The standard InChI is InChI=1S/C18H16BrN3O3S2/c19-14-5-2-4-13(8-14)18-22-16(10-26-18)9-17(23)21-15-6-1-3-12(7-15)11-27(20,24)25/h1-8,10H,9,11H2,(H,21,23)(H2,20,24,25). The Labute approximate surface area is 169 Å². The third-order valence-corrected chi connectivity index (χ3v) is 5.71. The molecule has 27 heavy (non-hydrogen) atoms. The van der Waals surface area contributed by atoms with Crippen LogP contribution in [0.15, 0.2) is 58.4 Å². The highest BCUT2D eigenvalue weighted by atomic mass is 79.9. The second-order valence-corrected chi connectivity index (χ2v) is 9.28. The topological polar surface area (TPSA) is 102 Å². The lowest BCUT2D eigenvalue weighted by Gasteiger charge is -2.06. The summed E-state index contributed by atoms with van der Waals surface area (Å²) >= 11 is 4.91. The van der Waals surface area contributed by atoms with Crippen molar-refractivity contribution in [1.82, 2.24) is 4.98 Å². The van der Waals surface area contributed by atoms with Crippen molar-refractivity contribution in [2.75, 3.05) is 5.32 Å². The monoisotopic (exact) mass is 465 g/mol. The van der Waals surface area contributed by atoms with E-state index in [1.165, 1.54) is 11.3 Å². The number of sulfonamides is 1. The van der Waals surface area contributed by atoms with Crippen LogP contribution >= 0.6 is 27.3 Å². The number of primary sulfonamides is 1. The summed E-state index contributed by atoms with van der Waals surface area (Å²) in [6, 6.07) is 14.4. The van der Waals surface area contributed by atoms with Gasteiger partial charge in [0.05, 0.1) is 17.9 Å². The van der Waals surface area contributed by atoms with Gasteiger partial charge in [-0.3, -0.25) is 4.79 Å². The number of carbonyl (C=O) groups is 1. The predicted octanol–water partition coefficient (Wildman–Crippen LogP) is 3.54. The minimum absolute atomic E-state index is 0.129. The molecule has 9 heteroatoms. The maximum Gasteiger partial charge on any atom is 0.230 e. The molecule has 0 spiro atoms. The minimum Gasteiger partial charge on any atom is -0.326 e. The first-order chi connectivity index (χ1) is 12.8. The fourth-order valence-electron chi connectivity index (χ4n) is 2.48. The summed E-state index contributed by atoms with van der Waals surface area (Å²) in [7, 11) is -3.62. The normalized spacial score (nSPS) is 11.3. The summed E-state index contributed by atoms with van der Waals surface area (Å²) < 4.78 is 23.4. The van der Waals surface area contributed by atoms with Crippen molar-refractivity contribution in [3.63, 3.8) is 0 Å². The number of thiazole rings is 1. The molecule has 0 atom stereocenters. The van der Waals surface area contributed by atoms with Gasteiger partial charge in [0.1, 0.15) is 5.01 Å². The smallest absolute Gasteiger partial charge is 0.230 e. The number of nitrogens with two attached hydrogens (primary N) is 1. The average molecular weight is 466 g/mol. The lowest BCUT2D eigenvalue weighted by molar-refractivity contribution is -0.115. The van der Waals surface area contributed by atoms with Gasteiger partial charge in [-0.2, -0.15) is 0 Å². The van der Waals surface area contributed by atoms with Crippen LogP contribution in [0.4, 0.5) is 5.69 Å². The zero-order chi connectivity index (χ0) is 19.4. The van der Waals surface area contributed by atoms with E-state index in [9.17, 15) is 13.2 Å². The number of benzene rings is 2. The lowest BCUT2D eigenvalue weighted by atomic mass is 10.2. The van der Waals surface area contributed by atoms with Crippen LogP contribution in [0.1, 0.15) is 11.3 Å². The highest BCUT2D eigenvalue weighted by Crippen LogP contribution is 2.26. The van der Waals surface area contributed by atoms with Crippen molar-refractivity contribution < 1.29 is 13.2 Å². The van der Waals surface area contributed by atoms with Gasteiger partial charge in [0.2, 0.25) is 15.9 Å². The van der Waals surface area contributed by atoms with E-state index >= 15 is 0 Å². The number of anilines is 1. The van der Waals surface area contributed by atoms with E-state index in [0.717, 1.165) is 15.0 Å². The van der Waals surface area contributed by atoms with Crippen LogP contribution in [0.25, 0.3) is 10.6 Å². The molecule has 6 nitrogen and oxygen atoms in total. The number of nitrogens with zero attached hydrogens (tertiary/aromatic N) is 1. The van der Waals surface area contributed by atoms with Crippen LogP contribution in [0.3, 0.4) is 0 Å². The molecule has 0 radical (unpaired) electrons. The van der Waals surface area contributed by atoms with Gasteiger partial charge in [-0.15, -0.1) is 11.3 Å². The molecule has 0 saturated carbocycles. The van der Waals surface area contributed by atoms with E-state index in [2.05, 4.69) is 26.2 Å². The van der Waals surface area contributed by atoms with Crippen molar-refractivity contribution in [3.05, 3.63) is 69.6 Å². The second kappa shape index (κ2) is 8.30. The largest absolute Gasteiger partial charge is 0.326 e. The van der Waals surface area contributed by atoms with E-state index in [1.54, 1.807) is 24.3 Å². The van der Waals surface area contributed by atoms with Gasteiger partial charge in [0.25, 0.3) is 0 Å². The van der Waals surface area contributed by atoms with Crippen molar-refractivity contribution in [1.29, 1.82) is 0 Å². The van der Waals surface area contributed by atoms with Gasteiger partial charge in [-0.05, 0) is 29.8 Å². The van der Waals surface area contributed by atoms with E-state index in [1.807, 2.05) is 29.6 Å². The highest BCUT2D eigenvalue weighted by Gasteiger charge is 2.11. The zero-order valence-electron chi connectivity index (χ0n) is 14.1. The number of halogens is 1. The SMILES string of the molecule is NS(=O)(=O)Cc1cccc(NC(=O)Cc2csc(-c3cccc(Br)c3)n2)c1. The average Bonchev–Trinajstić information content (AvgIpc) is 3.02. The first-order valence-corrected chi connectivity index (χ1v) is 11.3. The molecule has 3 aromatic rings. The molecule has 3 rings (SSSR count). The first-order valence-electron chi connectivity index (χ1n) is 7.88. The number of nitrogens with one attached hydrogen (secondary N) is 1. The summed E-state index contributed by atoms with van der Waals surface area (Å²) in [6.07, 6.45) is 0.129. The van der Waals surface area contributed by atoms with E-state index in [-0.39, 0.29) is 18.1 Å². The molecule has 0 aliphatic rings. The quantitative estimate of drug-likeness (QED) is 0.580. The molecule has 0 bridgehead atoms. The molecule has 0 saturated heterocycles. The third-order valence-electron chi connectivity index (χ3n) is 3.54. The van der Waals surface area contributed by atoms with Crippen molar-refractivity contribution >= 4 is 48.9 Å². The molecule has 0 aliphatic carbocycles. The summed E-state index contributed by atoms with van der Waals surface area (Å²) in [5.74, 6) is -0.507. The van der Waals surface area contributed by atoms with Crippen LogP contribution in [0.5, 0.6) is 0 Å². The first kappa shape index (κ1) is 19.7. The van der Waals surface area contributed by atoms with Crippen LogP contribution in [0, 0.1) is 0 Å². The Balaban J connectivity index is 1.66. The van der Waals surface area contributed by atoms with Crippen molar-refractivity contribution in [2.45, 2.75) is 12.2 Å². The molecule has 1 heterocycles. The molecule has 3 N–H and O–H groups in total. The van der Waals surface area contributed by atoms with Crippen LogP contribution < -0.4 is 10.5 Å². The molecule has 1 amide bonds. The number of amides is 1.